The van der Waals surface area contributed by atoms with Gasteiger partial charge in [-0.05, 0) is 44.4 Å². The molecule has 1 aliphatic rings. The minimum absolute atomic E-state index is 0.0815. The third kappa shape index (κ3) is 4.22. The number of hydrogen-bond acceptors (Lipinski definition) is 6. The van der Waals surface area contributed by atoms with Crippen LogP contribution in [0.4, 0.5) is 0 Å². The molecule has 7 heteroatoms. The number of aromatic nitrogens is 1. The molecule has 3 aromatic rings. The van der Waals surface area contributed by atoms with Gasteiger partial charge in [-0.15, -0.1) is 0 Å². The topological polar surface area (TPSA) is 75.1 Å². The lowest BCUT2D eigenvalue weighted by Crippen LogP contribution is -2.41. The summed E-state index contributed by atoms with van der Waals surface area (Å²) < 4.78 is 11.3. The number of ether oxygens (including phenoxy) is 2. The van der Waals surface area contributed by atoms with Crippen molar-refractivity contribution in [1.82, 2.24) is 14.8 Å². The van der Waals surface area contributed by atoms with E-state index in [0.29, 0.717) is 49.7 Å². The Morgan fingerprint density at radius 3 is 2.53 bits per heavy atom. The van der Waals surface area contributed by atoms with Crippen LogP contribution in [0.2, 0.25) is 0 Å². The van der Waals surface area contributed by atoms with Gasteiger partial charge < -0.3 is 24.4 Å². The highest BCUT2D eigenvalue weighted by Gasteiger charge is 2.25. The number of nitrogens with zero attached hydrogens (tertiary/aromatic N) is 3. The van der Waals surface area contributed by atoms with E-state index in [9.17, 15) is 9.90 Å². The molecule has 2 heterocycles. The lowest BCUT2D eigenvalue weighted by Gasteiger charge is -2.27. The molecular formula is C23H25N3O4. The Morgan fingerprint density at radius 1 is 1.10 bits per heavy atom. The summed E-state index contributed by atoms with van der Waals surface area (Å²) in [5.74, 6) is 0.988. The predicted molar refractivity (Wildman–Crippen MR) is 114 cm³/mol. The van der Waals surface area contributed by atoms with E-state index >= 15 is 0 Å². The maximum atomic E-state index is 13.0. The van der Waals surface area contributed by atoms with Gasteiger partial charge in [-0.1, -0.05) is 18.2 Å². The molecule has 0 radical (unpaired) electrons. The van der Waals surface area contributed by atoms with Crippen LogP contribution in [0.1, 0.15) is 16.2 Å². The van der Waals surface area contributed by atoms with Gasteiger partial charge in [0.05, 0.1) is 18.9 Å². The van der Waals surface area contributed by atoms with Crippen molar-refractivity contribution < 1.29 is 19.4 Å². The first-order chi connectivity index (χ1) is 14.5. The van der Waals surface area contributed by atoms with Gasteiger partial charge in [0, 0.05) is 30.4 Å². The van der Waals surface area contributed by atoms with Gasteiger partial charge in [0.15, 0.2) is 11.4 Å². The molecule has 0 saturated carbocycles. The Labute approximate surface area is 175 Å². The maximum absolute atomic E-state index is 13.0. The second kappa shape index (κ2) is 8.69. The molecule has 1 aliphatic heterocycles. The lowest BCUT2D eigenvalue weighted by molar-refractivity contribution is 0.0297. The van der Waals surface area contributed by atoms with Gasteiger partial charge in [0.25, 0.3) is 5.91 Å². The Balaban J connectivity index is 1.76. The average molecular weight is 407 g/mol. The molecule has 7 nitrogen and oxygen atoms in total. The van der Waals surface area contributed by atoms with Crippen molar-refractivity contribution in [2.75, 3.05) is 40.4 Å². The van der Waals surface area contributed by atoms with Crippen molar-refractivity contribution >= 4 is 16.7 Å². The van der Waals surface area contributed by atoms with Gasteiger partial charge >= 0.3 is 0 Å². The summed E-state index contributed by atoms with van der Waals surface area (Å²) in [7, 11) is 3.88. The monoisotopic (exact) mass is 407 g/mol. The molecule has 1 aromatic heterocycles. The Morgan fingerprint density at radius 2 is 1.83 bits per heavy atom. The van der Waals surface area contributed by atoms with E-state index in [4.69, 9.17) is 9.47 Å². The third-order valence-electron chi connectivity index (χ3n) is 4.97. The number of carbonyl (C=O) groups is 1. The molecule has 2 aromatic carbocycles. The number of pyridine rings is 1. The van der Waals surface area contributed by atoms with Gasteiger partial charge in [-0.2, -0.15) is 0 Å². The molecule has 0 aliphatic carbocycles. The number of aromatic hydroxyl groups is 1. The largest absolute Gasteiger partial charge is 0.505 e. The minimum Gasteiger partial charge on any atom is -0.505 e. The fraction of sp³-hybridized carbons (Fsp3) is 0.304. The van der Waals surface area contributed by atoms with Crippen LogP contribution < -0.4 is 4.74 Å². The SMILES string of the molecule is CN(C)Cc1nc(C(=O)N2CCOCC2)c(O)c2ccc(Oc3ccccc3)cc12. The zero-order chi connectivity index (χ0) is 21.1. The summed E-state index contributed by atoms with van der Waals surface area (Å²) in [6.07, 6.45) is 0. The number of hydrogen-bond donors (Lipinski definition) is 1. The minimum atomic E-state index is -0.276. The van der Waals surface area contributed by atoms with Crippen LogP contribution in [0.15, 0.2) is 48.5 Å². The number of amides is 1. The Hall–Kier alpha value is -3.16. The van der Waals surface area contributed by atoms with E-state index in [1.807, 2.05) is 55.4 Å². The molecule has 0 atom stereocenters. The average Bonchev–Trinajstić information content (AvgIpc) is 2.76. The summed E-state index contributed by atoms with van der Waals surface area (Å²) in [4.78, 5) is 21.3. The normalized spacial score (nSPS) is 14.3. The van der Waals surface area contributed by atoms with E-state index in [1.165, 1.54) is 0 Å². The molecular weight excluding hydrogens is 382 g/mol. The van der Waals surface area contributed by atoms with Gasteiger partial charge in [-0.25, -0.2) is 4.98 Å². The number of carbonyl (C=O) groups excluding carboxylic acids is 1. The predicted octanol–water partition coefficient (Wildman–Crippen LogP) is 3.27. The molecule has 0 spiro atoms. The van der Waals surface area contributed by atoms with Crippen LogP contribution in [0.3, 0.4) is 0 Å². The number of morpholine rings is 1. The highest BCUT2D eigenvalue weighted by atomic mass is 16.5. The summed E-state index contributed by atoms with van der Waals surface area (Å²) >= 11 is 0. The van der Waals surface area contributed by atoms with Crippen LogP contribution in [0.25, 0.3) is 10.8 Å². The molecule has 1 fully saturated rings. The fourth-order valence-electron chi connectivity index (χ4n) is 3.52. The summed E-state index contributed by atoms with van der Waals surface area (Å²) in [5, 5.41) is 12.2. The van der Waals surface area contributed by atoms with Gasteiger partial charge in [0.1, 0.15) is 11.5 Å². The molecule has 0 unspecified atom stereocenters. The molecule has 1 saturated heterocycles. The van der Waals surface area contributed by atoms with Crippen LogP contribution in [0, 0.1) is 0 Å². The summed E-state index contributed by atoms with van der Waals surface area (Å²) in [6, 6.07) is 14.9. The first kappa shape index (κ1) is 20.1. The van der Waals surface area contributed by atoms with Crippen molar-refractivity contribution in [2.45, 2.75) is 6.54 Å². The van der Waals surface area contributed by atoms with Crippen molar-refractivity contribution in [2.24, 2.45) is 0 Å². The van der Waals surface area contributed by atoms with Crippen LogP contribution in [-0.2, 0) is 11.3 Å². The zero-order valence-electron chi connectivity index (χ0n) is 17.2. The van der Waals surface area contributed by atoms with Gasteiger partial charge in [-0.3, -0.25) is 4.79 Å². The highest BCUT2D eigenvalue weighted by Crippen LogP contribution is 2.34. The Bertz CT molecular complexity index is 1050. The fourth-order valence-corrected chi connectivity index (χ4v) is 3.52. The summed E-state index contributed by atoms with van der Waals surface area (Å²) in [6.45, 7) is 2.49. The molecule has 156 valence electrons. The third-order valence-corrected chi connectivity index (χ3v) is 4.97. The van der Waals surface area contributed by atoms with Crippen molar-refractivity contribution in [3.05, 3.63) is 59.9 Å². The van der Waals surface area contributed by atoms with E-state index in [1.54, 1.807) is 17.0 Å². The second-order valence-electron chi connectivity index (χ2n) is 7.52. The number of para-hydroxylation sites is 1. The van der Waals surface area contributed by atoms with Crippen molar-refractivity contribution in [3.63, 3.8) is 0 Å². The van der Waals surface area contributed by atoms with Crippen molar-refractivity contribution in [1.29, 1.82) is 0 Å². The molecule has 30 heavy (non-hydrogen) atoms. The second-order valence-corrected chi connectivity index (χ2v) is 7.52. The van der Waals surface area contributed by atoms with Crippen LogP contribution in [0.5, 0.6) is 17.2 Å². The smallest absolute Gasteiger partial charge is 0.276 e. The number of fused-ring (bicyclic) bond motifs is 1. The number of rotatable bonds is 5. The lowest BCUT2D eigenvalue weighted by atomic mass is 10.1. The first-order valence-electron chi connectivity index (χ1n) is 9.93. The summed E-state index contributed by atoms with van der Waals surface area (Å²) in [5.41, 5.74) is 0.792. The quantitative estimate of drug-likeness (QED) is 0.700. The van der Waals surface area contributed by atoms with Crippen LogP contribution in [-0.4, -0.2) is 66.2 Å². The number of benzene rings is 2. The van der Waals surface area contributed by atoms with E-state index in [0.717, 1.165) is 11.1 Å². The van der Waals surface area contributed by atoms with E-state index in [-0.39, 0.29) is 17.4 Å². The molecule has 0 bridgehead atoms. The first-order valence-corrected chi connectivity index (χ1v) is 9.93. The van der Waals surface area contributed by atoms with Crippen LogP contribution >= 0.6 is 0 Å². The van der Waals surface area contributed by atoms with E-state index in [2.05, 4.69) is 4.98 Å². The zero-order valence-corrected chi connectivity index (χ0v) is 17.2. The molecule has 4 rings (SSSR count). The Kier molecular flexibility index (Phi) is 5.83. The van der Waals surface area contributed by atoms with Gasteiger partial charge in [0.2, 0.25) is 0 Å². The standard InChI is InChI=1S/C23H25N3O4/c1-25(2)15-20-19-14-17(30-16-6-4-3-5-7-16)8-9-18(19)22(27)21(24-20)23(28)26-10-12-29-13-11-26/h3-9,14,27H,10-13,15H2,1-2H3. The molecule has 1 amide bonds. The highest BCUT2D eigenvalue weighted by molar-refractivity contribution is 6.02. The molecule has 1 N–H and O–H groups in total. The maximum Gasteiger partial charge on any atom is 0.276 e. The van der Waals surface area contributed by atoms with Crippen molar-refractivity contribution in [3.8, 4) is 17.2 Å². The van der Waals surface area contributed by atoms with E-state index < -0.39 is 0 Å².